The average molecular weight is 364 g/mol. The Morgan fingerprint density at radius 3 is 2.70 bits per heavy atom. The number of likely N-dealkylation sites (tertiary alicyclic amines) is 1. The van der Waals surface area contributed by atoms with E-state index in [0.29, 0.717) is 6.42 Å². The molecule has 0 aromatic heterocycles. The predicted molar refractivity (Wildman–Crippen MR) is 85.4 cm³/mol. The molecular formula is C14H20BrClN2O2. The summed E-state index contributed by atoms with van der Waals surface area (Å²) in [5, 5.41) is 0. The highest BCUT2D eigenvalue weighted by Gasteiger charge is 2.21. The minimum absolute atomic E-state index is 0. The number of nitrogens with two attached hydrogens (primary N) is 1. The molecule has 1 heterocycles. The van der Waals surface area contributed by atoms with Crippen LogP contribution in [0.25, 0.3) is 0 Å². The van der Waals surface area contributed by atoms with Crippen molar-refractivity contribution in [1.29, 1.82) is 0 Å². The Balaban J connectivity index is 0.00000200. The van der Waals surface area contributed by atoms with Crippen LogP contribution in [0, 0.1) is 0 Å². The van der Waals surface area contributed by atoms with E-state index in [-0.39, 0.29) is 24.4 Å². The lowest BCUT2D eigenvalue weighted by Gasteiger charge is -2.30. The van der Waals surface area contributed by atoms with E-state index in [1.165, 1.54) is 0 Å². The minimum atomic E-state index is 0. The predicted octanol–water partition coefficient (Wildman–Crippen LogP) is 2.37. The summed E-state index contributed by atoms with van der Waals surface area (Å²) < 4.78 is 6.26. The van der Waals surface area contributed by atoms with Crippen molar-refractivity contribution in [2.45, 2.75) is 25.3 Å². The van der Waals surface area contributed by atoms with Gasteiger partial charge in [-0.15, -0.1) is 12.4 Å². The molecule has 112 valence electrons. The quantitative estimate of drug-likeness (QED) is 0.897. The van der Waals surface area contributed by atoms with Crippen LogP contribution in [-0.4, -0.2) is 37.0 Å². The second-order valence-corrected chi connectivity index (χ2v) is 5.77. The maximum absolute atomic E-state index is 12.2. The van der Waals surface area contributed by atoms with Crippen LogP contribution in [0.1, 0.15) is 18.4 Å². The summed E-state index contributed by atoms with van der Waals surface area (Å²) in [6.45, 7) is 1.53. The molecule has 1 amide bonds. The highest BCUT2D eigenvalue weighted by molar-refractivity contribution is 9.10. The summed E-state index contributed by atoms with van der Waals surface area (Å²) in [6, 6.07) is 5.98. The fourth-order valence-electron chi connectivity index (χ4n) is 2.29. The van der Waals surface area contributed by atoms with Crippen LogP contribution in [-0.2, 0) is 11.2 Å². The van der Waals surface area contributed by atoms with Crippen LogP contribution in [0.4, 0.5) is 0 Å². The van der Waals surface area contributed by atoms with Crippen molar-refractivity contribution in [3.8, 4) is 5.75 Å². The number of benzene rings is 1. The zero-order valence-corrected chi connectivity index (χ0v) is 13.9. The smallest absolute Gasteiger partial charge is 0.227 e. The van der Waals surface area contributed by atoms with E-state index in [1.54, 1.807) is 7.11 Å². The lowest BCUT2D eigenvalue weighted by Crippen LogP contribution is -2.43. The van der Waals surface area contributed by atoms with Crippen molar-refractivity contribution < 1.29 is 9.53 Å². The molecule has 1 aliphatic heterocycles. The maximum atomic E-state index is 12.2. The molecule has 0 bridgehead atoms. The summed E-state index contributed by atoms with van der Waals surface area (Å²) in [6.07, 6.45) is 2.16. The van der Waals surface area contributed by atoms with Crippen LogP contribution in [0.2, 0.25) is 0 Å². The van der Waals surface area contributed by atoms with Crippen LogP contribution in [0.15, 0.2) is 22.7 Å². The SMILES string of the molecule is COc1cc(Br)ccc1CC(=O)N1CCC(N)CC1.Cl. The molecular weight excluding hydrogens is 344 g/mol. The highest BCUT2D eigenvalue weighted by Crippen LogP contribution is 2.24. The molecule has 1 aromatic carbocycles. The largest absolute Gasteiger partial charge is 0.496 e. The number of ether oxygens (including phenoxy) is 1. The van der Waals surface area contributed by atoms with Gasteiger partial charge in [0.1, 0.15) is 5.75 Å². The molecule has 0 saturated carbocycles. The molecule has 2 rings (SSSR count). The van der Waals surface area contributed by atoms with Crippen LogP contribution < -0.4 is 10.5 Å². The van der Waals surface area contributed by atoms with Gasteiger partial charge in [-0.2, -0.15) is 0 Å². The number of hydrogen-bond donors (Lipinski definition) is 1. The zero-order valence-electron chi connectivity index (χ0n) is 11.5. The normalized spacial score (nSPS) is 15.7. The zero-order chi connectivity index (χ0) is 13.8. The van der Waals surface area contributed by atoms with Crippen LogP contribution in [0.5, 0.6) is 5.75 Å². The van der Waals surface area contributed by atoms with Crippen molar-refractivity contribution in [1.82, 2.24) is 4.90 Å². The summed E-state index contributed by atoms with van der Waals surface area (Å²) in [5.74, 6) is 0.893. The molecule has 0 unspecified atom stereocenters. The van der Waals surface area contributed by atoms with Gasteiger partial charge in [0, 0.05) is 29.2 Å². The fraction of sp³-hybridized carbons (Fsp3) is 0.500. The summed E-state index contributed by atoms with van der Waals surface area (Å²) >= 11 is 3.40. The van der Waals surface area contributed by atoms with E-state index in [1.807, 2.05) is 23.1 Å². The van der Waals surface area contributed by atoms with Gasteiger partial charge in [0.15, 0.2) is 0 Å². The monoisotopic (exact) mass is 362 g/mol. The Morgan fingerprint density at radius 1 is 1.45 bits per heavy atom. The van der Waals surface area contributed by atoms with Gasteiger partial charge in [-0.25, -0.2) is 0 Å². The molecule has 0 radical (unpaired) electrons. The highest BCUT2D eigenvalue weighted by atomic mass is 79.9. The van der Waals surface area contributed by atoms with Gasteiger partial charge in [-0.3, -0.25) is 4.79 Å². The Morgan fingerprint density at radius 2 is 2.10 bits per heavy atom. The molecule has 2 N–H and O–H groups in total. The van der Waals surface area contributed by atoms with Gasteiger partial charge >= 0.3 is 0 Å². The first-order valence-electron chi connectivity index (χ1n) is 6.46. The van der Waals surface area contributed by atoms with E-state index in [2.05, 4.69) is 15.9 Å². The summed E-state index contributed by atoms with van der Waals surface area (Å²) in [5.41, 5.74) is 6.77. The number of methoxy groups -OCH3 is 1. The molecule has 0 spiro atoms. The molecule has 1 aromatic rings. The molecule has 1 fully saturated rings. The second-order valence-electron chi connectivity index (χ2n) is 4.85. The fourth-order valence-corrected chi connectivity index (χ4v) is 2.63. The summed E-state index contributed by atoms with van der Waals surface area (Å²) in [4.78, 5) is 14.1. The first-order valence-corrected chi connectivity index (χ1v) is 7.25. The Labute approximate surface area is 134 Å². The third-order valence-corrected chi connectivity index (χ3v) is 3.98. The Hall–Kier alpha value is -0.780. The number of nitrogens with zero attached hydrogens (tertiary/aromatic N) is 1. The van der Waals surface area contributed by atoms with Gasteiger partial charge in [-0.05, 0) is 25.0 Å². The lowest BCUT2D eigenvalue weighted by atomic mass is 10.0. The van der Waals surface area contributed by atoms with Crippen LogP contribution >= 0.6 is 28.3 Å². The molecule has 1 aliphatic rings. The van der Waals surface area contributed by atoms with Crippen LogP contribution in [0.3, 0.4) is 0 Å². The first kappa shape index (κ1) is 17.3. The van der Waals surface area contributed by atoms with Crippen molar-refractivity contribution >= 4 is 34.2 Å². The van der Waals surface area contributed by atoms with Crippen molar-refractivity contribution in [3.05, 3.63) is 28.2 Å². The van der Waals surface area contributed by atoms with Gasteiger partial charge < -0.3 is 15.4 Å². The number of carbonyl (C=O) groups excluding carboxylic acids is 1. The molecule has 0 atom stereocenters. The number of piperidine rings is 1. The summed E-state index contributed by atoms with van der Waals surface area (Å²) in [7, 11) is 1.62. The van der Waals surface area contributed by atoms with E-state index in [9.17, 15) is 4.79 Å². The van der Waals surface area contributed by atoms with E-state index in [0.717, 1.165) is 41.7 Å². The average Bonchev–Trinajstić information content (AvgIpc) is 2.41. The topological polar surface area (TPSA) is 55.6 Å². The van der Waals surface area contributed by atoms with E-state index < -0.39 is 0 Å². The second kappa shape index (κ2) is 7.86. The minimum Gasteiger partial charge on any atom is -0.496 e. The number of hydrogen-bond acceptors (Lipinski definition) is 3. The van der Waals surface area contributed by atoms with Crippen molar-refractivity contribution in [3.63, 3.8) is 0 Å². The first-order chi connectivity index (χ1) is 9.10. The van der Waals surface area contributed by atoms with Gasteiger partial charge in [-0.1, -0.05) is 22.0 Å². The van der Waals surface area contributed by atoms with E-state index in [4.69, 9.17) is 10.5 Å². The molecule has 0 aliphatic carbocycles. The standard InChI is InChI=1S/C14H19BrN2O2.ClH/c1-19-13-9-11(15)3-2-10(13)8-14(18)17-6-4-12(16)5-7-17;/h2-3,9,12H,4-8,16H2,1H3;1H. The number of carbonyl (C=O) groups is 1. The van der Waals surface area contributed by atoms with E-state index >= 15 is 0 Å². The Kier molecular flexibility index (Phi) is 6.79. The van der Waals surface area contributed by atoms with Crippen molar-refractivity contribution in [2.75, 3.05) is 20.2 Å². The third-order valence-electron chi connectivity index (χ3n) is 3.48. The molecule has 1 saturated heterocycles. The molecule has 20 heavy (non-hydrogen) atoms. The van der Waals surface area contributed by atoms with Gasteiger partial charge in [0.25, 0.3) is 0 Å². The maximum Gasteiger partial charge on any atom is 0.227 e. The van der Waals surface area contributed by atoms with Gasteiger partial charge in [0.2, 0.25) is 5.91 Å². The van der Waals surface area contributed by atoms with Gasteiger partial charge in [0.05, 0.1) is 13.5 Å². The third kappa shape index (κ3) is 4.36. The number of rotatable bonds is 3. The molecule has 6 heteroatoms. The Bertz CT molecular complexity index is 462. The lowest BCUT2D eigenvalue weighted by molar-refractivity contribution is -0.131. The number of amides is 1. The van der Waals surface area contributed by atoms with Crippen molar-refractivity contribution in [2.24, 2.45) is 5.73 Å². The molecule has 4 nitrogen and oxygen atoms in total. The number of halogens is 2.